The SMILES string of the molecule is COc1ccc(/C=C2\N=C(c3ccccc3)N(NC(=S)Nc3c(C)cccc3C)C2=O)cc1. The molecule has 2 N–H and O–H groups in total. The highest BCUT2D eigenvalue weighted by Crippen LogP contribution is 2.23. The minimum absolute atomic E-state index is 0.296. The second kappa shape index (κ2) is 9.67. The number of hydrogen-bond acceptors (Lipinski definition) is 4. The van der Waals surface area contributed by atoms with E-state index in [1.807, 2.05) is 86.6 Å². The first kappa shape index (κ1) is 22.2. The third kappa shape index (κ3) is 4.94. The second-order valence-electron chi connectivity index (χ2n) is 7.58. The number of thiocarbonyl (C=S) groups is 1. The number of aryl methyl sites for hydroxylation is 2. The largest absolute Gasteiger partial charge is 0.497 e. The van der Waals surface area contributed by atoms with Crippen LogP contribution in [-0.2, 0) is 4.79 Å². The van der Waals surface area contributed by atoms with Gasteiger partial charge in [0.1, 0.15) is 11.4 Å². The molecule has 0 saturated carbocycles. The van der Waals surface area contributed by atoms with Crippen LogP contribution in [0.4, 0.5) is 5.69 Å². The number of para-hydroxylation sites is 1. The Hall–Kier alpha value is -3.97. The fourth-order valence-electron chi connectivity index (χ4n) is 3.51. The normalized spacial score (nSPS) is 14.3. The number of hydrogen-bond donors (Lipinski definition) is 2. The van der Waals surface area contributed by atoms with Gasteiger partial charge in [0.25, 0.3) is 5.91 Å². The Morgan fingerprint density at radius 2 is 1.64 bits per heavy atom. The van der Waals surface area contributed by atoms with Gasteiger partial charge in [-0.1, -0.05) is 60.7 Å². The zero-order valence-electron chi connectivity index (χ0n) is 18.6. The van der Waals surface area contributed by atoms with E-state index in [1.165, 1.54) is 5.01 Å². The summed E-state index contributed by atoms with van der Waals surface area (Å²) in [5.41, 5.74) is 8.00. The van der Waals surface area contributed by atoms with E-state index in [-0.39, 0.29) is 5.91 Å². The van der Waals surface area contributed by atoms with Crippen molar-refractivity contribution in [1.82, 2.24) is 10.4 Å². The van der Waals surface area contributed by atoms with Crippen molar-refractivity contribution < 1.29 is 9.53 Å². The monoisotopic (exact) mass is 456 g/mol. The van der Waals surface area contributed by atoms with Crippen LogP contribution in [0.5, 0.6) is 5.75 Å². The molecule has 7 heteroatoms. The number of carbonyl (C=O) groups is 1. The molecule has 166 valence electrons. The second-order valence-corrected chi connectivity index (χ2v) is 7.99. The first-order valence-corrected chi connectivity index (χ1v) is 10.9. The van der Waals surface area contributed by atoms with Crippen LogP contribution >= 0.6 is 12.2 Å². The fraction of sp³-hybridized carbons (Fsp3) is 0.115. The summed E-state index contributed by atoms with van der Waals surface area (Å²) in [6, 6.07) is 23.0. The fourth-order valence-corrected chi connectivity index (χ4v) is 3.71. The van der Waals surface area contributed by atoms with E-state index in [1.54, 1.807) is 13.2 Å². The molecule has 0 unspecified atom stereocenters. The van der Waals surface area contributed by atoms with Crippen LogP contribution in [0.3, 0.4) is 0 Å². The summed E-state index contributed by atoms with van der Waals surface area (Å²) in [5.74, 6) is 0.927. The average molecular weight is 457 g/mol. The van der Waals surface area contributed by atoms with Crippen LogP contribution in [-0.4, -0.2) is 29.0 Å². The molecule has 0 atom stereocenters. The molecule has 3 aromatic rings. The molecule has 6 nitrogen and oxygen atoms in total. The quantitative estimate of drug-likeness (QED) is 0.425. The number of hydrazine groups is 1. The summed E-state index contributed by atoms with van der Waals surface area (Å²) in [6.07, 6.45) is 1.74. The lowest BCUT2D eigenvalue weighted by atomic mass is 10.1. The van der Waals surface area contributed by atoms with Crippen molar-refractivity contribution in [2.45, 2.75) is 13.8 Å². The average Bonchev–Trinajstić information content (AvgIpc) is 3.12. The summed E-state index contributed by atoms with van der Waals surface area (Å²) in [7, 11) is 1.61. The topological polar surface area (TPSA) is 66.0 Å². The third-order valence-corrected chi connectivity index (χ3v) is 5.44. The van der Waals surface area contributed by atoms with Crippen LogP contribution in [0, 0.1) is 13.8 Å². The Morgan fingerprint density at radius 1 is 0.970 bits per heavy atom. The van der Waals surface area contributed by atoms with Crippen molar-refractivity contribution in [1.29, 1.82) is 0 Å². The number of methoxy groups -OCH3 is 1. The molecular formula is C26H24N4O2S. The zero-order chi connectivity index (χ0) is 23.4. The summed E-state index contributed by atoms with van der Waals surface area (Å²) >= 11 is 5.54. The number of carbonyl (C=O) groups excluding carboxylic acids is 1. The van der Waals surface area contributed by atoms with E-state index in [0.29, 0.717) is 16.6 Å². The molecule has 33 heavy (non-hydrogen) atoms. The molecule has 1 aliphatic rings. The Kier molecular flexibility index (Phi) is 6.51. The smallest absolute Gasteiger partial charge is 0.297 e. The molecule has 4 rings (SSSR count). The number of aliphatic imine (C=N–C) groups is 1. The van der Waals surface area contributed by atoms with Crippen molar-refractivity contribution in [2.24, 2.45) is 4.99 Å². The van der Waals surface area contributed by atoms with Crippen LogP contribution in [0.1, 0.15) is 22.3 Å². The van der Waals surface area contributed by atoms with Gasteiger partial charge in [0.15, 0.2) is 10.9 Å². The van der Waals surface area contributed by atoms with Crippen molar-refractivity contribution in [2.75, 3.05) is 12.4 Å². The minimum atomic E-state index is -0.296. The van der Waals surface area contributed by atoms with Crippen LogP contribution < -0.4 is 15.5 Å². The first-order chi connectivity index (χ1) is 16.0. The van der Waals surface area contributed by atoms with Gasteiger partial charge in [0, 0.05) is 11.3 Å². The van der Waals surface area contributed by atoms with E-state index in [9.17, 15) is 4.79 Å². The van der Waals surface area contributed by atoms with Crippen molar-refractivity contribution in [3.8, 4) is 5.75 Å². The molecule has 1 amide bonds. The molecule has 0 bridgehead atoms. The van der Waals surface area contributed by atoms with Gasteiger partial charge < -0.3 is 10.1 Å². The number of amidine groups is 1. The zero-order valence-corrected chi connectivity index (χ0v) is 19.4. The number of anilines is 1. The van der Waals surface area contributed by atoms with E-state index in [2.05, 4.69) is 15.7 Å². The van der Waals surface area contributed by atoms with Crippen molar-refractivity contribution in [3.05, 3.63) is 101 Å². The summed E-state index contributed by atoms with van der Waals surface area (Å²) in [6.45, 7) is 4.01. The molecule has 0 spiro atoms. The Bertz CT molecular complexity index is 1230. The summed E-state index contributed by atoms with van der Waals surface area (Å²) in [5, 5.41) is 4.90. The number of benzene rings is 3. The molecule has 0 radical (unpaired) electrons. The maximum atomic E-state index is 13.3. The van der Waals surface area contributed by atoms with Crippen molar-refractivity contribution >= 4 is 40.8 Å². The van der Waals surface area contributed by atoms with Crippen LogP contribution in [0.2, 0.25) is 0 Å². The lowest BCUT2D eigenvalue weighted by Gasteiger charge is -2.22. The van der Waals surface area contributed by atoms with Gasteiger partial charge in [-0.25, -0.2) is 4.99 Å². The number of nitrogens with zero attached hydrogens (tertiary/aromatic N) is 2. The van der Waals surface area contributed by atoms with Crippen LogP contribution in [0.25, 0.3) is 6.08 Å². The van der Waals surface area contributed by atoms with Gasteiger partial charge >= 0.3 is 0 Å². The lowest BCUT2D eigenvalue weighted by molar-refractivity contribution is -0.123. The van der Waals surface area contributed by atoms with Gasteiger partial charge in [-0.3, -0.25) is 10.2 Å². The predicted molar refractivity (Wildman–Crippen MR) is 136 cm³/mol. The third-order valence-electron chi connectivity index (χ3n) is 5.24. The number of ether oxygens (including phenoxy) is 1. The minimum Gasteiger partial charge on any atom is -0.497 e. The van der Waals surface area contributed by atoms with Gasteiger partial charge in [-0.15, -0.1) is 0 Å². The highest BCUT2D eigenvalue weighted by atomic mass is 32.1. The highest BCUT2D eigenvalue weighted by Gasteiger charge is 2.32. The van der Waals surface area contributed by atoms with Crippen LogP contribution in [0.15, 0.2) is 83.5 Å². The predicted octanol–water partition coefficient (Wildman–Crippen LogP) is 4.84. The van der Waals surface area contributed by atoms with Gasteiger partial charge in [0.05, 0.1) is 7.11 Å². The number of rotatable bonds is 5. The molecule has 0 fully saturated rings. The van der Waals surface area contributed by atoms with Gasteiger partial charge in [-0.2, -0.15) is 5.01 Å². The molecule has 1 aliphatic heterocycles. The molecule has 0 aromatic heterocycles. The molecular weight excluding hydrogens is 432 g/mol. The standard InChI is InChI=1S/C26H24N4O2S/c1-17-8-7-9-18(2)23(17)28-26(33)29-30-24(20-10-5-4-6-11-20)27-22(25(30)31)16-19-12-14-21(32-3)15-13-19/h4-16H,1-3H3,(H2,28,29,33)/b22-16-. The first-order valence-electron chi connectivity index (χ1n) is 10.4. The molecule has 1 heterocycles. The maximum absolute atomic E-state index is 13.3. The van der Waals surface area contributed by atoms with E-state index >= 15 is 0 Å². The molecule has 3 aromatic carbocycles. The molecule has 0 saturated heterocycles. The maximum Gasteiger partial charge on any atom is 0.297 e. The Balaban J connectivity index is 1.63. The van der Waals surface area contributed by atoms with Gasteiger partial charge in [0.2, 0.25) is 0 Å². The number of amides is 1. The van der Waals surface area contributed by atoms with Gasteiger partial charge in [-0.05, 0) is 61.0 Å². The Morgan fingerprint density at radius 3 is 2.27 bits per heavy atom. The highest BCUT2D eigenvalue weighted by molar-refractivity contribution is 7.80. The summed E-state index contributed by atoms with van der Waals surface area (Å²) < 4.78 is 5.21. The molecule has 0 aliphatic carbocycles. The van der Waals surface area contributed by atoms with E-state index in [0.717, 1.165) is 33.7 Å². The number of nitrogens with one attached hydrogen (secondary N) is 2. The summed E-state index contributed by atoms with van der Waals surface area (Å²) in [4.78, 5) is 17.9. The van der Waals surface area contributed by atoms with E-state index < -0.39 is 0 Å². The van der Waals surface area contributed by atoms with Crippen molar-refractivity contribution in [3.63, 3.8) is 0 Å². The Labute approximate surface area is 198 Å². The van der Waals surface area contributed by atoms with E-state index in [4.69, 9.17) is 17.0 Å². The lowest BCUT2D eigenvalue weighted by Crippen LogP contribution is -2.49.